The molecule has 0 unspecified atom stereocenters. The van der Waals surface area contributed by atoms with Crippen LogP contribution in [0.1, 0.15) is 39.1 Å². The molecule has 2 N–H and O–H groups in total. The van der Waals surface area contributed by atoms with Gasteiger partial charge in [0.15, 0.2) is 0 Å². The fourth-order valence-electron chi connectivity index (χ4n) is 2.83. The minimum absolute atomic E-state index is 0.0586. The molecule has 3 rings (SSSR count). The summed E-state index contributed by atoms with van der Waals surface area (Å²) in [5.74, 6) is 0.563. The maximum Gasteiger partial charge on any atom is 0.251 e. The fraction of sp³-hybridized carbons (Fsp3) is 0.261. The molecule has 1 heterocycles. The van der Waals surface area contributed by atoms with Crippen molar-refractivity contribution in [2.45, 2.75) is 32.9 Å². The first-order valence-electron chi connectivity index (χ1n) is 9.77. The molecule has 6 nitrogen and oxygen atoms in total. The quantitative estimate of drug-likeness (QED) is 0.552. The van der Waals surface area contributed by atoms with Crippen LogP contribution in [-0.2, 0) is 30.7 Å². The van der Waals surface area contributed by atoms with Crippen LogP contribution in [0.5, 0.6) is 5.75 Å². The first-order chi connectivity index (χ1) is 14.6. The maximum absolute atomic E-state index is 12.3. The molecule has 7 heteroatoms. The molecule has 0 radical (unpaired) electrons. The Bertz CT molecular complexity index is 982. The summed E-state index contributed by atoms with van der Waals surface area (Å²) in [6.07, 6.45) is 1.21. The summed E-state index contributed by atoms with van der Waals surface area (Å²) in [6.45, 7) is 2.89. The smallest absolute Gasteiger partial charge is 0.251 e. The number of amides is 2. The molecule has 0 aliphatic carbocycles. The van der Waals surface area contributed by atoms with Gasteiger partial charge in [-0.1, -0.05) is 31.2 Å². The zero-order valence-electron chi connectivity index (χ0n) is 17.1. The van der Waals surface area contributed by atoms with Crippen molar-refractivity contribution in [3.05, 3.63) is 81.3 Å². The van der Waals surface area contributed by atoms with E-state index in [-0.39, 0.29) is 11.8 Å². The number of rotatable bonds is 9. The predicted octanol–water partition coefficient (Wildman–Crippen LogP) is 3.50. The van der Waals surface area contributed by atoms with Crippen LogP contribution in [0.3, 0.4) is 0 Å². The molecular formula is C23H25N3O3S. The summed E-state index contributed by atoms with van der Waals surface area (Å²) in [4.78, 5) is 28.9. The third-order valence-corrected chi connectivity index (χ3v) is 5.60. The number of carbonyl (C=O) groups excluding carboxylic acids is 2. The van der Waals surface area contributed by atoms with Gasteiger partial charge in [0.1, 0.15) is 5.75 Å². The molecule has 2 amide bonds. The minimum atomic E-state index is -0.142. The fourth-order valence-corrected chi connectivity index (χ4v) is 3.58. The normalized spacial score (nSPS) is 10.5. The van der Waals surface area contributed by atoms with Gasteiger partial charge in [0.05, 0.1) is 30.8 Å². The SMILES string of the molecule is CCc1nc(CNC(=O)c2ccc(CNC(=O)Cc3ccc(OC)cc3)cc2)cs1. The number of carbonyl (C=O) groups is 2. The number of aryl methyl sites for hydroxylation is 1. The highest BCUT2D eigenvalue weighted by Gasteiger charge is 2.08. The Morgan fingerprint density at radius 3 is 2.30 bits per heavy atom. The molecule has 0 fully saturated rings. The van der Waals surface area contributed by atoms with Crippen molar-refractivity contribution in [3.8, 4) is 5.75 Å². The third kappa shape index (κ3) is 6.15. The molecular weight excluding hydrogens is 398 g/mol. The van der Waals surface area contributed by atoms with Crippen molar-refractivity contribution in [3.63, 3.8) is 0 Å². The van der Waals surface area contributed by atoms with Gasteiger partial charge >= 0.3 is 0 Å². The second-order valence-corrected chi connectivity index (χ2v) is 7.71. The van der Waals surface area contributed by atoms with Gasteiger partial charge in [0.2, 0.25) is 5.91 Å². The van der Waals surface area contributed by atoms with Crippen LogP contribution in [-0.4, -0.2) is 23.9 Å². The van der Waals surface area contributed by atoms with Gasteiger partial charge < -0.3 is 15.4 Å². The molecule has 0 saturated heterocycles. The van der Waals surface area contributed by atoms with Crippen molar-refractivity contribution in [2.24, 2.45) is 0 Å². The van der Waals surface area contributed by atoms with E-state index in [0.717, 1.165) is 34.0 Å². The van der Waals surface area contributed by atoms with E-state index in [2.05, 4.69) is 22.5 Å². The summed E-state index contributed by atoms with van der Waals surface area (Å²) in [6, 6.07) is 14.6. The molecule has 3 aromatic rings. The summed E-state index contributed by atoms with van der Waals surface area (Å²) in [5, 5.41) is 8.82. The molecule has 0 aliphatic rings. The van der Waals surface area contributed by atoms with E-state index in [4.69, 9.17) is 4.74 Å². The van der Waals surface area contributed by atoms with Crippen molar-refractivity contribution in [2.75, 3.05) is 7.11 Å². The van der Waals surface area contributed by atoms with Crippen LogP contribution in [0.4, 0.5) is 0 Å². The number of ether oxygens (including phenoxy) is 1. The van der Waals surface area contributed by atoms with E-state index >= 15 is 0 Å². The van der Waals surface area contributed by atoms with Gasteiger partial charge in [-0.25, -0.2) is 4.98 Å². The maximum atomic E-state index is 12.3. The van der Waals surface area contributed by atoms with Gasteiger partial charge in [-0.2, -0.15) is 0 Å². The number of hydrogen-bond donors (Lipinski definition) is 2. The zero-order valence-corrected chi connectivity index (χ0v) is 17.9. The average Bonchev–Trinajstić information content (AvgIpc) is 3.25. The van der Waals surface area contributed by atoms with Gasteiger partial charge in [-0.3, -0.25) is 9.59 Å². The summed E-state index contributed by atoms with van der Waals surface area (Å²) >= 11 is 1.61. The molecule has 0 aliphatic heterocycles. The van der Waals surface area contributed by atoms with E-state index in [1.807, 2.05) is 41.8 Å². The van der Waals surface area contributed by atoms with Crippen LogP contribution >= 0.6 is 11.3 Å². The first-order valence-corrected chi connectivity index (χ1v) is 10.7. The number of nitrogens with one attached hydrogen (secondary N) is 2. The van der Waals surface area contributed by atoms with Crippen LogP contribution in [0.2, 0.25) is 0 Å². The van der Waals surface area contributed by atoms with Crippen molar-refractivity contribution < 1.29 is 14.3 Å². The minimum Gasteiger partial charge on any atom is -0.497 e. The van der Waals surface area contributed by atoms with E-state index in [0.29, 0.717) is 25.1 Å². The number of hydrogen-bond acceptors (Lipinski definition) is 5. The van der Waals surface area contributed by atoms with Crippen LogP contribution in [0.25, 0.3) is 0 Å². The standard InChI is InChI=1S/C23H25N3O3S/c1-3-22-26-19(15-30-22)14-25-23(28)18-8-4-17(5-9-18)13-24-21(27)12-16-6-10-20(29-2)11-7-16/h4-11,15H,3,12-14H2,1-2H3,(H,24,27)(H,25,28). The van der Waals surface area contributed by atoms with Gasteiger partial charge in [-0.15, -0.1) is 11.3 Å². The van der Waals surface area contributed by atoms with Crippen molar-refractivity contribution in [1.29, 1.82) is 0 Å². The molecule has 0 spiro atoms. The highest BCUT2D eigenvalue weighted by atomic mass is 32.1. The van der Waals surface area contributed by atoms with E-state index in [9.17, 15) is 9.59 Å². The Labute approximate surface area is 180 Å². The van der Waals surface area contributed by atoms with Crippen molar-refractivity contribution >= 4 is 23.2 Å². The number of benzene rings is 2. The second kappa shape index (κ2) is 10.5. The number of methoxy groups -OCH3 is 1. The Kier molecular flexibility index (Phi) is 7.57. The van der Waals surface area contributed by atoms with E-state index < -0.39 is 0 Å². The Balaban J connectivity index is 1.45. The lowest BCUT2D eigenvalue weighted by Gasteiger charge is -2.08. The lowest BCUT2D eigenvalue weighted by molar-refractivity contribution is -0.120. The van der Waals surface area contributed by atoms with Crippen LogP contribution in [0, 0.1) is 0 Å². The number of aromatic nitrogens is 1. The largest absolute Gasteiger partial charge is 0.497 e. The predicted molar refractivity (Wildman–Crippen MR) is 118 cm³/mol. The molecule has 30 heavy (non-hydrogen) atoms. The second-order valence-electron chi connectivity index (χ2n) is 6.77. The highest BCUT2D eigenvalue weighted by molar-refractivity contribution is 7.09. The zero-order chi connectivity index (χ0) is 21.3. The first kappa shape index (κ1) is 21.5. The molecule has 156 valence electrons. The van der Waals surface area contributed by atoms with Crippen LogP contribution in [0.15, 0.2) is 53.9 Å². The molecule has 0 bridgehead atoms. The van der Waals surface area contributed by atoms with Gasteiger partial charge in [-0.05, 0) is 41.8 Å². The number of thiazole rings is 1. The lowest BCUT2D eigenvalue weighted by Crippen LogP contribution is -2.25. The van der Waals surface area contributed by atoms with Crippen molar-refractivity contribution in [1.82, 2.24) is 15.6 Å². The molecule has 1 aromatic heterocycles. The third-order valence-electron chi connectivity index (χ3n) is 4.56. The van der Waals surface area contributed by atoms with Gasteiger partial charge in [0.25, 0.3) is 5.91 Å². The molecule has 0 atom stereocenters. The lowest BCUT2D eigenvalue weighted by atomic mass is 10.1. The van der Waals surface area contributed by atoms with E-state index in [1.54, 1.807) is 30.6 Å². The monoisotopic (exact) mass is 423 g/mol. The molecule has 2 aromatic carbocycles. The Morgan fingerprint density at radius 2 is 1.67 bits per heavy atom. The number of nitrogens with zero attached hydrogens (tertiary/aromatic N) is 1. The topological polar surface area (TPSA) is 80.3 Å². The highest BCUT2D eigenvalue weighted by Crippen LogP contribution is 2.12. The van der Waals surface area contributed by atoms with E-state index in [1.165, 1.54) is 0 Å². The summed E-state index contributed by atoms with van der Waals surface area (Å²) < 4.78 is 5.12. The average molecular weight is 424 g/mol. The van der Waals surface area contributed by atoms with Crippen LogP contribution < -0.4 is 15.4 Å². The molecule has 0 saturated carbocycles. The van der Waals surface area contributed by atoms with Gasteiger partial charge in [0, 0.05) is 17.5 Å². The summed E-state index contributed by atoms with van der Waals surface area (Å²) in [7, 11) is 1.61. The summed E-state index contributed by atoms with van der Waals surface area (Å²) in [5.41, 5.74) is 3.31. The Hall–Kier alpha value is -3.19. The Morgan fingerprint density at radius 1 is 0.967 bits per heavy atom.